The van der Waals surface area contributed by atoms with Crippen molar-refractivity contribution in [2.45, 2.75) is 65.4 Å². The van der Waals surface area contributed by atoms with Gasteiger partial charge in [0.2, 0.25) is 0 Å². The first-order chi connectivity index (χ1) is 7.89. The van der Waals surface area contributed by atoms with Crippen LogP contribution in [-0.2, 0) is 4.74 Å². The molecule has 0 aromatic carbocycles. The maximum absolute atomic E-state index is 5.52. The minimum atomic E-state index is 0.0423. The zero-order valence-corrected chi connectivity index (χ0v) is 12.4. The topological polar surface area (TPSA) is 21.3 Å². The number of methoxy groups -OCH3 is 1. The molecule has 0 bridgehead atoms. The first-order valence-electron chi connectivity index (χ1n) is 7.15. The lowest BCUT2D eigenvalue weighted by atomic mass is 9.65. The summed E-state index contributed by atoms with van der Waals surface area (Å²) in [6, 6.07) is 0. The molecule has 17 heavy (non-hydrogen) atoms. The lowest BCUT2D eigenvalue weighted by Gasteiger charge is -2.44. The standard InChI is InChI=1S/C15H31NO/c1-13(2)11-16-12-15(7-6-8-15)10-9-14(3,4)17-5/h13,16H,6-12H2,1-5H3. The van der Waals surface area contributed by atoms with E-state index in [2.05, 4.69) is 33.0 Å². The normalized spacial score (nSPS) is 19.4. The summed E-state index contributed by atoms with van der Waals surface area (Å²) in [4.78, 5) is 0. The number of ether oxygens (including phenoxy) is 1. The molecule has 1 N–H and O–H groups in total. The Hall–Kier alpha value is -0.0800. The van der Waals surface area contributed by atoms with Gasteiger partial charge in [-0.15, -0.1) is 0 Å². The molecular formula is C15H31NO. The molecule has 0 aromatic rings. The van der Waals surface area contributed by atoms with Crippen LogP contribution in [0.25, 0.3) is 0 Å². The molecule has 2 heteroatoms. The van der Waals surface area contributed by atoms with Crippen LogP contribution < -0.4 is 5.32 Å². The molecule has 0 radical (unpaired) electrons. The Bertz CT molecular complexity index is 219. The lowest BCUT2D eigenvalue weighted by Crippen LogP contribution is -2.42. The molecule has 0 amide bonds. The van der Waals surface area contributed by atoms with Gasteiger partial charge in [-0.3, -0.25) is 0 Å². The fourth-order valence-electron chi connectivity index (χ4n) is 2.49. The first-order valence-corrected chi connectivity index (χ1v) is 7.15. The van der Waals surface area contributed by atoms with Gasteiger partial charge in [-0.2, -0.15) is 0 Å². The van der Waals surface area contributed by atoms with Crippen molar-refractivity contribution in [3.63, 3.8) is 0 Å². The summed E-state index contributed by atoms with van der Waals surface area (Å²) in [7, 11) is 1.82. The fourth-order valence-corrected chi connectivity index (χ4v) is 2.49. The van der Waals surface area contributed by atoms with Crippen LogP contribution >= 0.6 is 0 Å². The van der Waals surface area contributed by atoms with Crippen molar-refractivity contribution in [2.75, 3.05) is 20.2 Å². The van der Waals surface area contributed by atoms with Gasteiger partial charge in [0.15, 0.2) is 0 Å². The van der Waals surface area contributed by atoms with Crippen molar-refractivity contribution in [1.29, 1.82) is 0 Å². The highest BCUT2D eigenvalue weighted by atomic mass is 16.5. The molecule has 0 atom stereocenters. The van der Waals surface area contributed by atoms with Crippen molar-refractivity contribution in [3.05, 3.63) is 0 Å². The first kappa shape index (κ1) is 15.0. The Kier molecular flexibility index (Phi) is 5.46. The van der Waals surface area contributed by atoms with E-state index in [9.17, 15) is 0 Å². The quantitative estimate of drug-likeness (QED) is 0.701. The highest BCUT2D eigenvalue weighted by molar-refractivity contribution is 4.91. The Labute approximate surface area is 108 Å². The van der Waals surface area contributed by atoms with Crippen LogP contribution in [0.5, 0.6) is 0 Å². The number of hydrogen-bond acceptors (Lipinski definition) is 2. The third-order valence-corrected chi connectivity index (χ3v) is 4.28. The SMILES string of the molecule is COC(C)(C)CCC1(CNCC(C)C)CCC1. The Morgan fingerprint density at radius 3 is 2.35 bits per heavy atom. The summed E-state index contributed by atoms with van der Waals surface area (Å²) in [6.45, 7) is 11.3. The second-order valence-electron chi connectivity index (χ2n) is 6.84. The Morgan fingerprint density at radius 1 is 1.29 bits per heavy atom. The molecule has 1 aliphatic rings. The van der Waals surface area contributed by atoms with Gasteiger partial charge in [0.05, 0.1) is 5.60 Å². The summed E-state index contributed by atoms with van der Waals surface area (Å²) in [6.07, 6.45) is 6.69. The van der Waals surface area contributed by atoms with Crippen LogP contribution in [0, 0.1) is 11.3 Å². The van der Waals surface area contributed by atoms with Crippen LogP contribution in [0.4, 0.5) is 0 Å². The largest absolute Gasteiger partial charge is 0.379 e. The Morgan fingerprint density at radius 2 is 1.94 bits per heavy atom. The van der Waals surface area contributed by atoms with Crippen LogP contribution in [0.2, 0.25) is 0 Å². The molecule has 1 aliphatic carbocycles. The van der Waals surface area contributed by atoms with Crippen molar-refractivity contribution in [1.82, 2.24) is 5.32 Å². The summed E-state index contributed by atoms with van der Waals surface area (Å²) in [5.74, 6) is 0.752. The van der Waals surface area contributed by atoms with E-state index in [1.807, 2.05) is 7.11 Å². The van der Waals surface area contributed by atoms with Gasteiger partial charge in [0.1, 0.15) is 0 Å². The molecule has 0 saturated heterocycles. The minimum absolute atomic E-state index is 0.0423. The van der Waals surface area contributed by atoms with Gasteiger partial charge in [-0.1, -0.05) is 20.3 Å². The van der Waals surface area contributed by atoms with E-state index in [1.165, 1.54) is 38.6 Å². The van der Waals surface area contributed by atoms with Crippen molar-refractivity contribution >= 4 is 0 Å². The maximum Gasteiger partial charge on any atom is 0.0623 e. The van der Waals surface area contributed by atoms with E-state index in [1.54, 1.807) is 0 Å². The smallest absolute Gasteiger partial charge is 0.0623 e. The van der Waals surface area contributed by atoms with E-state index in [4.69, 9.17) is 4.74 Å². The summed E-state index contributed by atoms with van der Waals surface area (Å²) < 4.78 is 5.52. The fraction of sp³-hybridized carbons (Fsp3) is 1.00. The van der Waals surface area contributed by atoms with E-state index >= 15 is 0 Å². The monoisotopic (exact) mass is 241 g/mol. The van der Waals surface area contributed by atoms with Gasteiger partial charge < -0.3 is 10.1 Å². The van der Waals surface area contributed by atoms with E-state index < -0.39 is 0 Å². The molecule has 2 nitrogen and oxygen atoms in total. The van der Waals surface area contributed by atoms with Crippen molar-refractivity contribution in [2.24, 2.45) is 11.3 Å². The summed E-state index contributed by atoms with van der Waals surface area (Å²) in [5.41, 5.74) is 0.616. The predicted molar refractivity (Wildman–Crippen MR) is 74.3 cm³/mol. The van der Waals surface area contributed by atoms with Gasteiger partial charge in [-0.25, -0.2) is 0 Å². The van der Waals surface area contributed by atoms with Gasteiger partial charge in [-0.05, 0) is 57.4 Å². The summed E-state index contributed by atoms with van der Waals surface area (Å²) in [5, 5.41) is 3.64. The predicted octanol–water partition coefficient (Wildman–Crippen LogP) is 3.61. The molecule has 0 aliphatic heterocycles. The molecule has 1 saturated carbocycles. The number of nitrogens with one attached hydrogen (secondary N) is 1. The highest BCUT2D eigenvalue weighted by Gasteiger charge is 2.37. The maximum atomic E-state index is 5.52. The second-order valence-corrected chi connectivity index (χ2v) is 6.84. The van der Waals surface area contributed by atoms with Gasteiger partial charge >= 0.3 is 0 Å². The minimum Gasteiger partial charge on any atom is -0.379 e. The number of hydrogen-bond donors (Lipinski definition) is 1. The van der Waals surface area contributed by atoms with Crippen LogP contribution in [0.3, 0.4) is 0 Å². The molecule has 1 fully saturated rings. The molecule has 0 spiro atoms. The van der Waals surface area contributed by atoms with Gasteiger partial charge in [0, 0.05) is 13.7 Å². The average molecular weight is 241 g/mol. The van der Waals surface area contributed by atoms with E-state index in [-0.39, 0.29) is 5.60 Å². The van der Waals surface area contributed by atoms with Crippen LogP contribution in [-0.4, -0.2) is 25.8 Å². The van der Waals surface area contributed by atoms with Crippen molar-refractivity contribution < 1.29 is 4.74 Å². The lowest BCUT2D eigenvalue weighted by molar-refractivity contribution is -0.00751. The van der Waals surface area contributed by atoms with E-state index in [0.717, 1.165) is 12.5 Å². The summed E-state index contributed by atoms with van der Waals surface area (Å²) >= 11 is 0. The van der Waals surface area contributed by atoms with Crippen molar-refractivity contribution in [3.8, 4) is 0 Å². The van der Waals surface area contributed by atoms with Gasteiger partial charge in [0.25, 0.3) is 0 Å². The third-order valence-electron chi connectivity index (χ3n) is 4.28. The number of rotatable bonds is 8. The molecular weight excluding hydrogens is 210 g/mol. The van der Waals surface area contributed by atoms with Crippen LogP contribution in [0.15, 0.2) is 0 Å². The third kappa shape index (κ3) is 4.97. The van der Waals surface area contributed by atoms with E-state index in [0.29, 0.717) is 5.41 Å². The van der Waals surface area contributed by atoms with Crippen LogP contribution in [0.1, 0.15) is 59.8 Å². The molecule has 0 unspecified atom stereocenters. The zero-order chi connectivity index (χ0) is 12.9. The second kappa shape index (κ2) is 6.19. The molecule has 0 heterocycles. The Balaban J connectivity index is 2.31. The molecule has 102 valence electrons. The average Bonchev–Trinajstić information content (AvgIpc) is 2.20. The highest BCUT2D eigenvalue weighted by Crippen LogP contribution is 2.45. The zero-order valence-electron chi connectivity index (χ0n) is 12.4. The molecule has 1 rings (SSSR count). The molecule has 0 aromatic heterocycles.